The van der Waals surface area contributed by atoms with Crippen LogP contribution in [0.4, 0.5) is 5.69 Å². The van der Waals surface area contributed by atoms with Gasteiger partial charge in [0.25, 0.3) is 0 Å². The van der Waals surface area contributed by atoms with Crippen LogP contribution in [-0.4, -0.2) is 18.1 Å². The Morgan fingerprint density at radius 2 is 2.00 bits per heavy atom. The molecule has 1 rings (SSSR count). The Hall–Kier alpha value is -1.51. The molecule has 0 spiro atoms. The Morgan fingerprint density at radius 1 is 1.24 bits per heavy atom. The highest BCUT2D eigenvalue weighted by Gasteiger charge is 2.34. The van der Waals surface area contributed by atoms with E-state index in [1.54, 1.807) is 0 Å². The smallest absolute Gasteiger partial charge is 0.331 e. The fraction of sp³-hybridized carbons (Fsp3) is 0.611. The number of carbonyl (C=O) groups excluding carboxylic acids is 1. The summed E-state index contributed by atoms with van der Waals surface area (Å²) in [4.78, 5) is 12.3. The molecule has 3 heteroatoms. The van der Waals surface area contributed by atoms with Gasteiger partial charge in [-0.3, -0.25) is 0 Å². The lowest BCUT2D eigenvalue weighted by atomic mass is 9.93. The van der Waals surface area contributed by atoms with Gasteiger partial charge in [-0.15, -0.1) is 0 Å². The molecule has 0 saturated carbocycles. The van der Waals surface area contributed by atoms with Gasteiger partial charge in [-0.1, -0.05) is 44.7 Å². The van der Waals surface area contributed by atoms with Crippen molar-refractivity contribution in [3.63, 3.8) is 0 Å². The number of anilines is 1. The average Bonchev–Trinajstić information content (AvgIpc) is 2.44. The third-order valence-electron chi connectivity index (χ3n) is 3.69. The third kappa shape index (κ3) is 5.78. The lowest BCUT2D eigenvalue weighted by Gasteiger charge is -2.30. The van der Waals surface area contributed by atoms with E-state index in [0.717, 1.165) is 24.9 Å². The number of rotatable bonds is 9. The molecular formula is C18H29NO2. The molecule has 1 aromatic carbocycles. The van der Waals surface area contributed by atoms with E-state index in [1.165, 1.54) is 18.4 Å². The molecule has 0 aliphatic rings. The van der Waals surface area contributed by atoms with Crippen LogP contribution in [0, 0.1) is 6.92 Å². The second-order valence-corrected chi connectivity index (χ2v) is 5.86. The van der Waals surface area contributed by atoms with Crippen molar-refractivity contribution in [3.05, 3.63) is 29.8 Å². The number of esters is 1. The van der Waals surface area contributed by atoms with Gasteiger partial charge in [0.15, 0.2) is 0 Å². The van der Waals surface area contributed by atoms with Gasteiger partial charge in [0.2, 0.25) is 0 Å². The van der Waals surface area contributed by atoms with Crippen molar-refractivity contribution in [1.82, 2.24) is 0 Å². The Balaban J connectivity index is 2.77. The molecule has 0 aliphatic heterocycles. The van der Waals surface area contributed by atoms with Gasteiger partial charge in [0, 0.05) is 5.69 Å². The Labute approximate surface area is 129 Å². The predicted octanol–water partition coefficient (Wildman–Crippen LogP) is 4.70. The number of unbranched alkanes of at least 4 members (excludes halogenated alkanes) is 3. The minimum absolute atomic E-state index is 0.164. The molecule has 0 aliphatic carbocycles. The van der Waals surface area contributed by atoms with Gasteiger partial charge in [0.05, 0.1) is 6.61 Å². The van der Waals surface area contributed by atoms with Gasteiger partial charge in [-0.05, 0) is 44.9 Å². The van der Waals surface area contributed by atoms with Crippen LogP contribution in [-0.2, 0) is 9.53 Å². The zero-order chi connectivity index (χ0) is 15.7. The van der Waals surface area contributed by atoms with Gasteiger partial charge in [0.1, 0.15) is 5.54 Å². The minimum atomic E-state index is -0.655. The van der Waals surface area contributed by atoms with Crippen molar-refractivity contribution in [3.8, 4) is 0 Å². The van der Waals surface area contributed by atoms with E-state index in [2.05, 4.69) is 18.3 Å². The molecule has 3 nitrogen and oxygen atoms in total. The first kappa shape index (κ1) is 17.5. The van der Waals surface area contributed by atoms with E-state index in [0.29, 0.717) is 6.61 Å². The maximum absolute atomic E-state index is 12.3. The van der Waals surface area contributed by atoms with Crippen molar-refractivity contribution >= 4 is 11.7 Å². The highest BCUT2D eigenvalue weighted by atomic mass is 16.5. The van der Waals surface area contributed by atoms with Crippen LogP contribution < -0.4 is 5.32 Å². The van der Waals surface area contributed by atoms with E-state index in [9.17, 15) is 4.79 Å². The summed E-state index contributed by atoms with van der Waals surface area (Å²) in [6, 6.07) is 8.11. The predicted molar refractivity (Wildman–Crippen MR) is 88.6 cm³/mol. The first-order chi connectivity index (χ1) is 10.0. The highest BCUT2D eigenvalue weighted by molar-refractivity contribution is 5.84. The first-order valence-electron chi connectivity index (χ1n) is 8.04. The lowest BCUT2D eigenvalue weighted by molar-refractivity contribution is -0.148. The highest BCUT2D eigenvalue weighted by Crippen LogP contribution is 2.24. The summed E-state index contributed by atoms with van der Waals surface area (Å²) in [5.41, 5.74) is 1.50. The molecule has 0 heterocycles. The molecule has 0 aromatic heterocycles. The monoisotopic (exact) mass is 291 g/mol. The molecule has 0 radical (unpaired) electrons. The largest absolute Gasteiger partial charge is 0.464 e. The van der Waals surface area contributed by atoms with E-state index >= 15 is 0 Å². The number of ether oxygens (including phenoxy) is 1. The topological polar surface area (TPSA) is 38.3 Å². The summed E-state index contributed by atoms with van der Waals surface area (Å²) in [5.74, 6) is -0.164. The summed E-state index contributed by atoms with van der Waals surface area (Å²) in [6.07, 6.45) is 5.38. The van der Waals surface area contributed by atoms with Crippen LogP contribution >= 0.6 is 0 Å². The van der Waals surface area contributed by atoms with Crippen molar-refractivity contribution < 1.29 is 9.53 Å². The van der Waals surface area contributed by atoms with Gasteiger partial charge in [-0.2, -0.15) is 0 Å². The van der Waals surface area contributed by atoms with Crippen LogP contribution in [0.15, 0.2) is 24.3 Å². The molecular weight excluding hydrogens is 262 g/mol. The first-order valence-corrected chi connectivity index (χ1v) is 8.04. The second-order valence-electron chi connectivity index (χ2n) is 5.86. The summed E-state index contributed by atoms with van der Waals surface area (Å²) >= 11 is 0. The number of hydrogen-bond donors (Lipinski definition) is 1. The lowest BCUT2D eigenvalue weighted by Crippen LogP contribution is -2.44. The number of nitrogens with one attached hydrogen (secondary N) is 1. The number of benzene rings is 1. The van der Waals surface area contributed by atoms with E-state index in [4.69, 9.17) is 4.74 Å². The van der Waals surface area contributed by atoms with Gasteiger partial charge in [-0.25, -0.2) is 4.79 Å². The zero-order valence-electron chi connectivity index (χ0n) is 13.9. The van der Waals surface area contributed by atoms with E-state index < -0.39 is 5.54 Å². The summed E-state index contributed by atoms with van der Waals surface area (Å²) in [5, 5.41) is 3.38. The van der Waals surface area contributed by atoms with Crippen molar-refractivity contribution in [2.45, 2.75) is 65.3 Å². The van der Waals surface area contributed by atoms with Crippen LogP contribution in [0.3, 0.4) is 0 Å². The van der Waals surface area contributed by atoms with Crippen LogP contribution in [0.25, 0.3) is 0 Å². The fourth-order valence-electron chi connectivity index (χ4n) is 2.45. The molecule has 1 atom stereocenters. The minimum Gasteiger partial charge on any atom is -0.464 e. The second kappa shape index (κ2) is 8.71. The summed E-state index contributed by atoms with van der Waals surface area (Å²) < 4.78 is 5.27. The van der Waals surface area contributed by atoms with Crippen molar-refractivity contribution in [2.75, 3.05) is 11.9 Å². The Morgan fingerprint density at radius 3 is 2.62 bits per heavy atom. The molecule has 21 heavy (non-hydrogen) atoms. The van der Waals surface area contributed by atoms with Gasteiger partial charge < -0.3 is 10.1 Å². The Bertz CT molecular complexity index is 445. The number of carbonyl (C=O) groups is 1. The molecule has 1 unspecified atom stereocenters. The van der Waals surface area contributed by atoms with Crippen molar-refractivity contribution in [1.29, 1.82) is 0 Å². The molecule has 118 valence electrons. The molecule has 1 N–H and O–H groups in total. The molecule has 0 saturated heterocycles. The van der Waals surface area contributed by atoms with Crippen LogP contribution in [0.2, 0.25) is 0 Å². The SMILES string of the molecule is CCCCCCC(C)(Nc1cccc(C)c1)C(=O)OCC. The normalized spacial score (nSPS) is 13.5. The summed E-state index contributed by atoms with van der Waals surface area (Å²) in [6.45, 7) is 8.45. The fourth-order valence-corrected chi connectivity index (χ4v) is 2.45. The van der Waals surface area contributed by atoms with Crippen LogP contribution in [0.1, 0.15) is 58.4 Å². The van der Waals surface area contributed by atoms with E-state index in [1.807, 2.05) is 39.0 Å². The molecule has 0 bridgehead atoms. The molecule has 0 amide bonds. The van der Waals surface area contributed by atoms with Crippen molar-refractivity contribution in [2.24, 2.45) is 0 Å². The van der Waals surface area contributed by atoms with Gasteiger partial charge >= 0.3 is 5.97 Å². The third-order valence-corrected chi connectivity index (χ3v) is 3.69. The molecule has 0 fully saturated rings. The van der Waals surface area contributed by atoms with Crippen LogP contribution in [0.5, 0.6) is 0 Å². The maximum Gasteiger partial charge on any atom is 0.331 e. The summed E-state index contributed by atoms with van der Waals surface area (Å²) in [7, 11) is 0. The van der Waals surface area contributed by atoms with E-state index in [-0.39, 0.29) is 5.97 Å². The number of hydrogen-bond acceptors (Lipinski definition) is 3. The quantitative estimate of drug-likeness (QED) is 0.529. The average molecular weight is 291 g/mol. The molecule has 1 aromatic rings. The standard InChI is InChI=1S/C18H29NO2/c1-5-7-8-9-13-18(4,17(20)21-6-2)19-16-12-10-11-15(3)14-16/h10-12,14,19H,5-9,13H2,1-4H3. The Kier molecular flexibility index (Phi) is 7.27. The zero-order valence-corrected chi connectivity index (χ0v) is 13.9. The maximum atomic E-state index is 12.3. The number of aryl methyl sites for hydroxylation is 1.